The number of aliphatic imine (C=N–C) groups is 1. The smallest absolute Gasteiger partial charge is 0.128 e. The molecule has 1 aliphatic heterocycles. The van der Waals surface area contributed by atoms with Gasteiger partial charge in [-0.15, -0.1) is 11.8 Å². The quantitative estimate of drug-likeness (QED) is 0.777. The van der Waals surface area contributed by atoms with E-state index in [2.05, 4.69) is 4.99 Å². The number of nitrogens with zero attached hydrogens (tertiary/aromatic N) is 1. The second-order valence-electron chi connectivity index (χ2n) is 4.63. The van der Waals surface area contributed by atoms with Crippen LogP contribution in [0.25, 0.3) is 0 Å². The Morgan fingerprint density at radius 2 is 1.95 bits per heavy atom. The van der Waals surface area contributed by atoms with Gasteiger partial charge in [0, 0.05) is 17.0 Å². The third-order valence-corrected chi connectivity index (χ3v) is 4.31. The van der Waals surface area contributed by atoms with E-state index >= 15 is 0 Å². The van der Waals surface area contributed by atoms with Gasteiger partial charge in [0.25, 0.3) is 0 Å². The summed E-state index contributed by atoms with van der Waals surface area (Å²) in [5, 5.41) is 0. The van der Waals surface area contributed by atoms with Crippen LogP contribution in [0.3, 0.4) is 0 Å². The summed E-state index contributed by atoms with van der Waals surface area (Å²) in [6.45, 7) is 8.03. The zero-order valence-corrected chi connectivity index (χ0v) is 12.7. The Hall–Kier alpha value is -1.23. The SMILES string of the molecule is CC.CC1(C)SCC(c2cc(N)ccc2F)N=C1N. The molecule has 2 rings (SSSR count). The molecule has 1 aliphatic rings. The fourth-order valence-electron chi connectivity index (χ4n) is 1.70. The van der Waals surface area contributed by atoms with Gasteiger partial charge >= 0.3 is 0 Å². The Morgan fingerprint density at radius 1 is 1.32 bits per heavy atom. The van der Waals surface area contributed by atoms with Crippen molar-refractivity contribution in [3.8, 4) is 0 Å². The van der Waals surface area contributed by atoms with E-state index in [4.69, 9.17) is 11.5 Å². The van der Waals surface area contributed by atoms with Crippen molar-refractivity contribution in [2.45, 2.75) is 38.5 Å². The molecular formula is C14H22FN3S. The minimum absolute atomic E-state index is 0.173. The van der Waals surface area contributed by atoms with Gasteiger partial charge in [0.15, 0.2) is 0 Å². The molecule has 5 heteroatoms. The van der Waals surface area contributed by atoms with Crippen LogP contribution in [0.4, 0.5) is 10.1 Å². The van der Waals surface area contributed by atoms with Gasteiger partial charge in [-0.05, 0) is 32.0 Å². The summed E-state index contributed by atoms with van der Waals surface area (Å²) in [7, 11) is 0. The normalized spacial score (nSPS) is 21.1. The van der Waals surface area contributed by atoms with Crippen LogP contribution in [0.1, 0.15) is 39.3 Å². The molecule has 0 aliphatic carbocycles. The minimum atomic E-state index is -0.277. The van der Waals surface area contributed by atoms with Crippen molar-refractivity contribution in [3.63, 3.8) is 0 Å². The average Bonchev–Trinajstić information content (AvgIpc) is 2.38. The summed E-state index contributed by atoms with van der Waals surface area (Å²) < 4.78 is 13.5. The molecule has 4 N–H and O–H groups in total. The van der Waals surface area contributed by atoms with Gasteiger partial charge in [-0.1, -0.05) is 13.8 Å². The molecule has 0 radical (unpaired) electrons. The van der Waals surface area contributed by atoms with Gasteiger partial charge in [-0.3, -0.25) is 4.99 Å². The molecule has 1 unspecified atom stereocenters. The first kappa shape index (κ1) is 15.8. The van der Waals surface area contributed by atoms with E-state index in [9.17, 15) is 4.39 Å². The number of benzene rings is 1. The van der Waals surface area contributed by atoms with Crippen LogP contribution in [-0.4, -0.2) is 16.3 Å². The first-order chi connectivity index (χ1) is 8.90. The number of nitrogens with two attached hydrogens (primary N) is 2. The van der Waals surface area contributed by atoms with Crippen molar-refractivity contribution in [1.82, 2.24) is 0 Å². The Morgan fingerprint density at radius 3 is 2.53 bits per heavy atom. The van der Waals surface area contributed by atoms with Crippen molar-refractivity contribution in [2.75, 3.05) is 11.5 Å². The number of amidine groups is 1. The van der Waals surface area contributed by atoms with Gasteiger partial charge in [-0.25, -0.2) is 4.39 Å². The zero-order chi connectivity index (χ0) is 14.6. The van der Waals surface area contributed by atoms with Crippen LogP contribution in [0, 0.1) is 5.82 Å². The maximum absolute atomic E-state index is 13.7. The lowest BCUT2D eigenvalue weighted by molar-refractivity contribution is 0.593. The lowest BCUT2D eigenvalue weighted by Crippen LogP contribution is -2.39. The summed E-state index contributed by atoms with van der Waals surface area (Å²) in [5.41, 5.74) is 12.6. The van der Waals surface area contributed by atoms with Crippen LogP contribution in [0.15, 0.2) is 23.2 Å². The maximum Gasteiger partial charge on any atom is 0.128 e. The van der Waals surface area contributed by atoms with Crippen LogP contribution in [0.5, 0.6) is 0 Å². The molecule has 1 atom stereocenters. The van der Waals surface area contributed by atoms with Crippen molar-refractivity contribution in [3.05, 3.63) is 29.6 Å². The molecule has 0 fully saturated rings. The highest BCUT2D eigenvalue weighted by Crippen LogP contribution is 2.37. The first-order valence-corrected chi connectivity index (χ1v) is 7.41. The van der Waals surface area contributed by atoms with E-state index in [0.717, 1.165) is 0 Å². The van der Waals surface area contributed by atoms with Crippen LogP contribution in [0.2, 0.25) is 0 Å². The molecule has 106 valence electrons. The third kappa shape index (κ3) is 3.62. The molecule has 1 aromatic carbocycles. The standard InChI is InChI=1S/C12H16FN3S.C2H6/c1-12(2)11(15)16-10(6-17-12)8-5-7(14)3-4-9(8)13;1-2/h3-5,10H,6,14H2,1-2H3,(H2,15,16);1-2H3. The molecule has 0 aromatic heterocycles. The van der Waals surface area contributed by atoms with Crippen LogP contribution >= 0.6 is 11.8 Å². The Bertz CT molecular complexity index is 472. The van der Waals surface area contributed by atoms with E-state index in [0.29, 0.717) is 22.8 Å². The second-order valence-corrected chi connectivity index (χ2v) is 6.28. The number of hydrogen-bond acceptors (Lipinski definition) is 4. The molecule has 0 saturated heterocycles. The van der Waals surface area contributed by atoms with E-state index in [1.807, 2.05) is 27.7 Å². The summed E-state index contributed by atoms with van der Waals surface area (Å²) in [4.78, 5) is 4.39. The van der Waals surface area contributed by atoms with E-state index in [1.165, 1.54) is 6.07 Å². The predicted molar refractivity (Wildman–Crippen MR) is 83.1 cm³/mol. The molecular weight excluding hydrogens is 261 g/mol. The van der Waals surface area contributed by atoms with Crippen LogP contribution in [-0.2, 0) is 0 Å². The van der Waals surface area contributed by atoms with Crippen molar-refractivity contribution >= 4 is 23.3 Å². The molecule has 0 spiro atoms. The third-order valence-electron chi connectivity index (χ3n) is 2.89. The number of anilines is 1. The Balaban J connectivity index is 0.000000861. The lowest BCUT2D eigenvalue weighted by Gasteiger charge is -2.31. The zero-order valence-electron chi connectivity index (χ0n) is 11.9. The summed E-state index contributed by atoms with van der Waals surface area (Å²) >= 11 is 1.68. The number of nitrogen functional groups attached to an aromatic ring is 1. The molecule has 3 nitrogen and oxygen atoms in total. The number of halogens is 1. The van der Waals surface area contributed by atoms with Crippen molar-refractivity contribution in [1.29, 1.82) is 0 Å². The predicted octanol–water partition coefficient (Wildman–Crippen LogP) is 3.36. The fraction of sp³-hybridized carbons (Fsp3) is 0.500. The number of hydrogen-bond donors (Lipinski definition) is 2. The van der Waals surface area contributed by atoms with Crippen LogP contribution < -0.4 is 11.5 Å². The largest absolute Gasteiger partial charge is 0.399 e. The number of rotatable bonds is 1. The van der Waals surface area contributed by atoms with E-state index in [1.54, 1.807) is 23.9 Å². The minimum Gasteiger partial charge on any atom is -0.399 e. The lowest BCUT2D eigenvalue weighted by atomic mass is 10.1. The molecule has 0 saturated carbocycles. The summed E-state index contributed by atoms with van der Waals surface area (Å²) in [5.74, 6) is 0.996. The van der Waals surface area contributed by atoms with Crippen molar-refractivity contribution in [2.24, 2.45) is 10.7 Å². The van der Waals surface area contributed by atoms with E-state index in [-0.39, 0.29) is 16.6 Å². The molecule has 0 bridgehead atoms. The second kappa shape index (κ2) is 6.28. The topological polar surface area (TPSA) is 64.4 Å². The Kier molecular flexibility index (Phi) is 5.23. The molecule has 1 heterocycles. The monoisotopic (exact) mass is 283 g/mol. The van der Waals surface area contributed by atoms with Crippen molar-refractivity contribution < 1.29 is 4.39 Å². The highest BCUT2D eigenvalue weighted by molar-refractivity contribution is 8.01. The summed E-state index contributed by atoms with van der Waals surface area (Å²) in [6, 6.07) is 4.32. The Labute approximate surface area is 118 Å². The average molecular weight is 283 g/mol. The molecule has 0 amide bonds. The highest BCUT2D eigenvalue weighted by atomic mass is 32.2. The van der Waals surface area contributed by atoms with Gasteiger partial charge < -0.3 is 11.5 Å². The van der Waals surface area contributed by atoms with Gasteiger partial charge in [0.2, 0.25) is 0 Å². The highest BCUT2D eigenvalue weighted by Gasteiger charge is 2.31. The molecule has 19 heavy (non-hydrogen) atoms. The number of thioether (sulfide) groups is 1. The maximum atomic E-state index is 13.7. The van der Waals surface area contributed by atoms with Gasteiger partial charge in [-0.2, -0.15) is 0 Å². The summed E-state index contributed by atoms with van der Waals surface area (Å²) in [6.07, 6.45) is 0. The van der Waals surface area contributed by atoms with E-state index < -0.39 is 0 Å². The van der Waals surface area contributed by atoms with Gasteiger partial charge in [0.1, 0.15) is 11.7 Å². The van der Waals surface area contributed by atoms with Gasteiger partial charge in [0.05, 0.1) is 10.8 Å². The fourth-order valence-corrected chi connectivity index (χ4v) is 2.73. The molecule has 1 aromatic rings. The first-order valence-electron chi connectivity index (χ1n) is 6.43.